The highest BCUT2D eigenvalue weighted by atomic mass is 16.1. The SMILES string of the molecule is CC(NC(=O)CCN)C1CCCC1. The van der Waals surface area contributed by atoms with E-state index in [4.69, 9.17) is 5.73 Å². The van der Waals surface area contributed by atoms with Crippen molar-refractivity contribution in [1.29, 1.82) is 0 Å². The predicted molar refractivity (Wildman–Crippen MR) is 53.2 cm³/mol. The smallest absolute Gasteiger partial charge is 0.221 e. The van der Waals surface area contributed by atoms with Crippen LogP contribution in [0.25, 0.3) is 0 Å². The van der Waals surface area contributed by atoms with Gasteiger partial charge in [-0.15, -0.1) is 0 Å². The van der Waals surface area contributed by atoms with Crippen LogP contribution in [0.15, 0.2) is 0 Å². The van der Waals surface area contributed by atoms with Gasteiger partial charge < -0.3 is 11.1 Å². The Bertz CT molecular complexity index is 164. The molecule has 1 saturated carbocycles. The van der Waals surface area contributed by atoms with Gasteiger partial charge in [-0.1, -0.05) is 12.8 Å². The summed E-state index contributed by atoms with van der Waals surface area (Å²) in [6.07, 6.45) is 5.63. The average molecular weight is 184 g/mol. The lowest BCUT2D eigenvalue weighted by Gasteiger charge is -2.20. The summed E-state index contributed by atoms with van der Waals surface area (Å²) in [6.45, 7) is 2.55. The molecule has 1 fully saturated rings. The standard InChI is InChI=1S/C10H20N2O/c1-8(9-4-2-3-5-9)12-10(13)6-7-11/h8-9H,2-7,11H2,1H3,(H,12,13). The van der Waals surface area contributed by atoms with Gasteiger partial charge in [-0.3, -0.25) is 4.79 Å². The van der Waals surface area contributed by atoms with Gasteiger partial charge in [-0.2, -0.15) is 0 Å². The summed E-state index contributed by atoms with van der Waals surface area (Å²) >= 11 is 0. The summed E-state index contributed by atoms with van der Waals surface area (Å²) in [7, 11) is 0. The van der Waals surface area contributed by atoms with Gasteiger partial charge in [0, 0.05) is 19.0 Å². The van der Waals surface area contributed by atoms with Crippen molar-refractivity contribution in [1.82, 2.24) is 5.32 Å². The van der Waals surface area contributed by atoms with E-state index in [9.17, 15) is 4.79 Å². The van der Waals surface area contributed by atoms with Gasteiger partial charge in [0.05, 0.1) is 0 Å². The Morgan fingerprint density at radius 1 is 1.54 bits per heavy atom. The normalized spacial score (nSPS) is 20.2. The lowest BCUT2D eigenvalue weighted by atomic mass is 10.00. The molecule has 0 radical (unpaired) electrons. The number of nitrogens with two attached hydrogens (primary N) is 1. The highest BCUT2D eigenvalue weighted by Crippen LogP contribution is 2.27. The quantitative estimate of drug-likeness (QED) is 0.685. The van der Waals surface area contributed by atoms with Gasteiger partial charge in [0.25, 0.3) is 0 Å². The van der Waals surface area contributed by atoms with Crippen LogP contribution in [0.4, 0.5) is 0 Å². The molecule has 0 spiro atoms. The molecule has 76 valence electrons. The molecule has 0 heterocycles. The van der Waals surface area contributed by atoms with E-state index in [0.717, 1.165) is 0 Å². The van der Waals surface area contributed by atoms with Gasteiger partial charge in [-0.05, 0) is 25.7 Å². The lowest BCUT2D eigenvalue weighted by molar-refractivity contribution is -0.121. The van der Waals surface area contributed by atoms with E-state index in [0.29, 0.717) is 24.9 Å². The van der Waals surface area contributed by atoms with E-state index in [1.165, 1.54) is 25.7 Å². The molecular formula is C10H20N2O. The van der Waals surface area contributed by atoms with Gasteiger partial charge >= 0.3 is 0 Å². The summed E-state index contributed by atoms with van der Waals surface area (Å²) in [5.41, 5.74) is 5.30. The van der Waals surface area contributed by atoms with E-state index in [1.807, 2.05) is 0 Å². The maximum Gasteiger partial charge on any atom is 0.221 e. The lowest BCUT2D eigenvalue weighted by Crippen LogP contribution is -2.37. The number of amides is 1. The second-order valence-electron chi connectivity index (χ2n) is 3.94. The molecule has 0 aromatic rings. The Labute approximate surface area is 80.1 Å². The monoisotopic (exact) mass is 184 g/mol. The third-order valence-corrected chi connectivity index (χ3v) is 2.87. The first-order valence-corrected chi connectivity index (χ1v) is 5.23. The molecule has 1 aliphatic rings. The third kappa shape index (κ3) is 3.35. The molecule has 1 atom stereocenters. The molecule has 0 aliphatic heterocycles. The van der Waals surface area contributed by atoms with Crippen LogP contribution < -0.4 is 11.1 Å². The van der Waals surface area contributed by atoms with Crippen molar-refractivity contribution in [2.45, 2.75) is 45.1 Å². The highest BCUT2D eigenvalue weighted by Gasteiger charge is 2.22. The van der Waals surface area contributed by atoms with Crippen LogP contribution in [-0.2, 0) is 4.79 Å². The van der Waals surface area contributed by atoms with Gasteiger partial charge in [0.1, 0.15) is 0 Å². The molecule has 0 aromatic heterocycles. The summed E-state index contributed by atoms with van der Waals surface area (Å²) < 4.78 is 0. The Morgan fingerprint density at radius 2 is 2.15 bits per heavy atom. The maximum absolute atomic E-state index is 11.2. The highest BCUT2D eigenvalue weighted by molar-refractivity contribution is 5.76. The largest absolute Gasteiger partial charge is 0.353 e. The minimum atomic E-state index is 0.0990. The van der Waals surface area contributed by atoms with Crippen molar-refractivity contribution in [3.8, 4) is 0 Å². The van der Waals surface area contributed by atoms with Crippen LogP contribution in [0.1, 0.15) is 39.0 Å². The fraction of sp³-hybridized carbons (Fsp3) is 0.900. The fourth-order valence-corrected chi connectivity index (χ4v) is 2.03. The molecule has 1 aliphatic carbocycles. The molecule has 1 rings (SSSR count). The minimum Gasteiger partial charge on any atom is -0.353 e. The van der Waals surface area contributed by atoms with Gasteiger partial charge in [-0.25, -0.2) is 0 Å². The molecule has 3 N–H and O–H groups in total. The number of hydrogen-bond acceptors (Lipinski definition) is 2. The molecule has 1 unspecified atom stereocenters. The van der Waals surface area contributed by atoms with Crippen molar-refractivity contribution < 1.29 is 4.79 Å². The average Bonchev–Trinajstić information content (AvgIpc) is 2.55. The van der Waals surface area contributed by atoms with E-state index >= 15 is 0 Å². The molecule has 0 bridgehead atoms. The van der Waals surface area contributed by atoms with Crippen LogP contribution >= 0.6 is 0 Å². The van der Waals surface area contributed by atoms with Crippen LogP contribution in [0.2, 0.25) is 0 Å². The van der Waals surface area contributed by atoms with E-state index < -0.39 is 0 Å². The summed E-state index contributed by atoms with van der Waals surface area (Å²) in [4.78, 5) is 11.2. The summed E-state index contributed by atoms with van der Waals surface area (Å²) in [6, 6.07) is 0.335. The topological polar surface area (TPSA) is 55.1 Å². The van der Waals surface area contributed by atoms with E-state index in [1.54, 1.807) is 0 Å². The summed E-state index contributed by atoms with van der Waals surface area (Å²) in [5, 5.41) is 3.00. The Morgan fingerprint density at radius 3 is 2.69 bits per heavy atom. The third-order valence-electron chi connectivity index (χ3n) is 2.87. The molecule has 1 amide bonds. The van der Waals surface area contributed by atoms with Crippen molar-refractivity contribution in [3.05, 3.63) is 0 Å². The molecule has 0 aromatic carbocycles. The van der Waals surface area contributed by atoms with Crippen molar-refractivity contribution in [3.63, 3.8) is 0 Å². The first-order chi connectivity index (χ1) is 6.24. The van der Waals surface area contributed by atoms with E-state index in [2.05, 4.69) is 12.2 Å². The van der Waals surface area contributed by atoms with Crippen LogP contribution in [-0.4, -0.2) is 18.5 Å². The molecule has 3 nitrogen and oxygen atoms in total. The predicted octanol–water partition coefficient (Wildman–Crippen LogP) is 1.03. The molecule has 13 heavy (non-hydrogen) atoms. The molecule has 0 saturated heterocycles. The maximum atomic E-state index is 11.2. The second-order valence-corrected chi connectivity index (χ2v) is 3.94. The Hall–Kier alpha value is -0.570. The van der Waals surface area contributed by atoms with E-state index in [-0.39, 0.29) is 5.91 Å². The van der Waals surface area contributed by atoms with Crippen LogP contribution in [0.3, 0.4) is 0 Å². The number of hydrogen-bond donors (Lipinski definition) is 2. The zero-order valence-electron chi connectivity index (χ0n) is 8.38. The molecule has 3 heteroatoms. The van der Waals surface area contributed by atoms with Crippen LogP contribution in [0, 0.1) is 5.92 Å². The number of nitrogens with one attached hydrogen (secondary N) is 1. The van der Waals surface area contributed by atoms with Crippen molar-refractivity contribution >= 4 is 5.91 Å². The number of carbonyl (C=O) groups is 1. The van der Waals surface area contributed by atoms with Crippen molar-refractivity contribution in [2.75, 3.05) is 6.54 Å². The van der Waals surface area contributed by atoms with Crippen molar-refractivity contribution in [2.24, 2.45) is 11.7 Å². The zero-order valence-corrected chi connectivity index (χ0v) is 8.38. The fourth-order valence-electron chi connectivity index (χ4n) is 2.03. The Balaban J connectivity index is 2.22. The van der Waals surface area contributed by atoms with Gasteiger partial charge in [0.2, 0.25) is 5.91 Å². The molecular weight excluding hydrogens is 164 g/mol. The number of carbonyl (C=O) groups excluding carboxylic acids is 1. The number of rotatable bonds is 4. The first-order valence-electron chi connectivity index (χ1n) is 5.23. The first kappa shape index (κ1) is 10.5. The second kappa shape index (κ2) is 5.22. The minimum absolute atomic E-state index is 0.0990. The van der Waals surface area contributed by atoms with Gasteiger partial charge in [0.15, 0.2) is 0 Å². The Kier molecular flexibility index (Phi) is 4.22. The van der Waals surface area contributed by atoms with Crippen LogP contribution in [0.5, 0.6) is 0 Å². The zero-order chi connectivity index (χ0) is 9.68. The summed E-state index contributed by atoms with van der Waals surface area (Å²) in [5.74, 6) is 0.795.